The van der Waals surface area contributed by atoms with Crippen LogP contribution >= 0.6 is 0 Å². The Labute approximate surface area is 68.4 Å². The van der Waals surface area contributed by atoms with E-state index in [9.17, 15) is 0 Å². The molecule has 0 aromatic heterocycles. The van der Waals surface area contributed by atoms with Gasteiger partial charge in [-0.15, -0.1) is 0 Å². The molecule has 0 aromatic rings. The number of aliphatic imine (C=N–C) groups is 2. The van der Waals surface area contributed by atoms with Crippen molar-refractivity contribution in [3.63, 3.8) is 0 Å². The minimum absolute atomic E-state index is 0.187. The van der Waals surface area contributed by atoms with Crippen LogP contribution in [-0.2, 0) is 0 Å². The lowest BCUT2D eigenvalue weighted by Crippen LogP contribution is -2.09. The average molecular weight is 152 g/mol. The van der Waals surface area contributed by atoms with Crippen molar-refractivity contribution in [2.75, 3.05) is 0 Å². The summed E-state index contributed by atoms with van der Waals surface area (Å²) in [7, 11) is 0. The van der Waals surface area contributed by atoms with Gasteiger partial charge in [0.05, 0.1) is 5.71 Å². The molecule has 0 fully saturated rings. The third-order valence-electron chi connectivity index (χ3n) is 1.83. The van der Waals surface area contributed by atoms with Gasteiger partial charge in [-0.3, -0.25) is 9.98 Å². The fraction of sp³-hybridized carbons (Fsp3) is 0.778. The molecule has 1 rings (SSSR count). The van der Waals surface area contributed by atoms with Crippen LogP contribution in [0.5, 0.6) is 0 Å². The van der Waals surface area contributed by atoms with Gasteiger partial charge in [-0.2, -0.15) is 0 Å². The molecule has 0 N–H and O–H groups in total. The summed E-state index contributed by atoms with van der Waals surface area (Å²) in [5.41, 5.74) is 1.14. The molecule has 11 heavy (non-hydrogen) atoms. The molecule has 1 aliphatic heterocycles. The predicted molar refractivity (Wildman–Crippen MR) is 49.4 cm³/mol. The summed E-state index contributed by atoms with van der Waals surface area (Å²) in [6.07, 6.45) is 2.10. The van der Waals surface area contributed by atoms with E-state index < -0.39 is 0 Å². The van der Waals surface area contributed by atoms with Crippen LogP contribution in [0.15, 0.2) is 9.98 Å². The lowest BCUT2D eigenvalue weighted by molar-refractivity contribution is 0.520. The van der Waals surface area contributed by atoms with Gasteiger partial charge in [0.25, 0.3) is 0 Å². The van der Waals surface area contributed by atoms with E-state index in [1.54, 1.807) is 0 Å². The lowest BCUT2D eigenvalue weighted by atomic mass is 10.1. The minimum Gasteiger partial charge on any atom is -0.264 e. The second-order valence-corrected chi connectivity index (χ2v) is 3.64. The van der Waals surface area contributed by atoms with Crippen LogP contribution in [0, 0.1) is 11.8 Å². The van der Waals surface area contributed by atoms with E-state index in [4.69, 9.17) is 0 Å². The van der Waals surface area contributed by atoms with Crippen molar-refractivity contribution in [3.05, 3.63) is 0 Å². The molecule has 1 heterocycles. The Morgan fingerprint density at radius 1 is 1.27 bits per heavy atom. The van der Waals surface area contributed by atoms with E-state index in [0.29, 0.717) is 11.8 Å². The first kappa shape index (κ1) is 8.44. The smallest absolute Gasteiger partial charge is 0.142 e. The maximum Gasteiger partial charge on any atom is 0.142 e. The Kier molecular flexibility index (Phi) is 2.42. The molecule has 62 valence electrons. The van der Waals surface area contributed by atoms with Gasteiger partial charge >= 0.3 is 0 Å². The zero-order chi connectivity index (χ0) is 8.43. The Morgan fingerprint density at radius 3 is 2.18 bits per heavy atom. The Bertz CT molecular complexity index is 190. The van der Waals surface area contributed by atoms with Gasteiger partial charge in [0.15, 0.2) is 0 Å². The SMILES string of the molecule is CC(C)C1=NC(C(C)C)N=C1. The molecule has 0 aromatic carbocycles. The first-order valence-electron chi connectivity index (χ1n) is 4.22. The first-order valence-corrected chi connectivity index (χ1v) is 4.22. The highest BCUT2D eigenvalue weighted by molar-refractivity contribution is 6.32. The van der Waals surface area contributed by atoms with Gasteiger partial charge in [-0.1, -0.05) is 27.7 Å². The quantitative estimate of drug-likeness (QED) is 0.579. The Morgan fingerprint density at radius 2 is 1.91 bits per heavy atom. The van der Waals surface area contributed by atoms with Crippen LogP contribution in [-0.4, -0.2) is 18.1 Å². The summed E-state index contributed by atoms with van der Waals surface area (Å²) in [5.74, 6) is 1.05. The summed E-state index contributed by atoms with van der Waals surface area (Å²) in [4.78, 5) is 8.79. The number of nitrogens with zero attached hydrogens (tertiary/aromatic N) is 2. The van der Waals surface area contributed by atoms with Crippen molar-refractivity contribution in [2.45, 2.75) is 33.9 Å². The van der Waals surface area contributed by atoms with Gasteiger partial charge in [0.1, 0.15) is 6.17 Å². The topological polar surface area (TPSA) is 24.7 Å². The fourth-order valence-corrected chi connectivity index (χ4v) is 0.991. The van der Waals surface area contributed by atoms with E-state index in [2.05, 4.69) is 37.7 Å². The molecule has 0 aliphatic carbocycles. The van der Waals surface area contributed by atoms with Crippen molar-refractivity contribution in [3.8, 4) is 0 Å². The maximum atomic E-state index is 4.48. The second-order valence-electron chi connectivity index (χ2n) is 3.64. The van der Waals surface area contributed by atoms with Crippen molar-refractivity contribution in [1.82, 2.24) is 0 Å². The van der Waals surface area contributed by atoms with Crippen LogP contribution in [0.4, 0.5) is 0 Å². The molecule has 1 unspecified atom stereocenters. The summed E-state index contributed by atoms with van der Waals surface area (Å²) in [6, 6.07) is 0. The van der Waals surface area contributed by atoms with Crippen molar-refractivity contribution in [1.29, 1.82) is 0 Å². The van der Waals surface area contributed by atoms with Gasteiger partial charge in [0, 0.05) is 6.21 Å². The Balaban J connectivity index is 2.63. The highest BCUT2D eigenvalue weighted by Crippen LogP contribution is 2.14. The highest BCUT2D eigenvalue weighted by Gasteiger charge is 2.16. The van der Waals surface area contributed by atoms with Crippen LogP contribution < -0.4 is 0 Å². The van der Waals surface area contributed by atoms with Crippen molar-refractivity contribution < 1.29 is 0 Å². The fourth-order valence-electron chi connectivity index (χ4n) is 0.991. The predicted octanol–water partition coefficient (Wildman–Crippen LogP) is 2.15. The number of hydrogen-bond acceptors (Lipinski definition) is 2. The molecular formula is C9H16N2. The minimum atomic E-state index is 0.187. The molecule has 2 heteroatoms. The lowest BCUT2D eigenvalue weighted by Gasteiger charge is -2.07. The molecule has 2 nitrogen and oxygen atoms in total. The van der Waals surface area contributed by atoms with Crippen LogP contribution in [0.2, 0.25) is 0 Å². The normalized spacial score (nSPS) is 23.5. The maximum absolute atomic E-state index is 4.48. The molecule has 0 amide bonds. The monoisotopic (exact) mass is 152 g/mol. The third-order valence-corrected chi connectivity index (χ3v) is 1.83. The van der Waals surface area contributed by atoms with E-state index in [1.165, 1.54) is 0 Å². The van der Waals surface area contributed by atoms with E-state index >= 15 is 0 Å². The first-order chi connectivity index (χ1) is 5.11. The van der Waals surface area contributed by atoms with Gasteiger partial charge in [-0.05, 0) is 11.8 Å². The summed E-state index contributed by atoms with van der Waals surface area (Å²) >= 11 is 0. The highest BCUT2D eigenvalue weighted by atomic mass is 15.1. The molecule has 0 saturated heterocycles. The van der Waals surface area contributed by atoms with Gasteiger partial charge in [0.2, 0.25) is 0 Å². The molecule has 0 saturated carbocycles. The van der Waals surface area contributed by atoms with E-state index in [-0.39, 0.29) is 6.17 Å². The number of hydrogen-bond donors (Lipinski definition) is 0. The molecule has 0 spiro atoms. The van der Waals surface area contributed by atoms with Crippen LogP contribution in [0.3, 0.4) is 0 Å². The third kappa shape index (κ3) is 1.88. The Hall–Kier alpha value is -0.660. The second kappa shape index (κ2) is 3.16. The summed E-state index contributed by atoms with van der Waals surface area (Å²) < 4.78 is 0. The zero-order valence-corrected chi connectivity index (χ0v) is 7.70. The molecule has 0 radical (unpaired) electrons. The van der Waals surface area contributed by atoms with Crippen molar-refractivity contribution >= 4 is 11.9 Å². The average Bonchev–Trinajstić information content (AvgIpc) is 2.33. The molecule has 0 bridgehead atoms. The summed E-state index contributed by atoms with van der Waals surface area (Å²) in [6.45, 7) is 8.59. The van der Waals surface area contributed by atoms with E-state index in [0.717, 1.165) is 5.71 Å². The largest absolute Gasteiger partial charge is 0.264 e. The van der Waals surface area contributed by atoms with Crippen LogP contribution in [0.25, 0.3) is 0 Å². The standard InChI is InChI=1S/C9H16N2/c1-6(2)8-5-10-9(11-8)7(3)4/h5-7,9H,1-4H3. The van der Waals surface area contributed by atoms with Gasteiger partial charge in [-0.25, -0.2) is 0 Å². The van der Waals surface area contributed by atoms with Crippen molar-refractivity contribution in [2.24, 2.45) is 21.8 Å². The summed E-state index contributed by atoms with van der Waals surface area (Å²) in [5, 5.41) is 0. The van der Waals surface area contributed by atoms with Gasteiger partial charge < -0.3 is 0 Å². The number of rotatable bonds is 2. The van der Waals surface area contributed by atoms with Crippen LogP contribution in [0.1, 0.15) is 27.7 Å². The molecular weight excluding hydrogens is 136 g/mol. The zero-order valence-electron chi connectivity index (χ0n) is 7.70. The van der Waals surface area contributed by atoms with E-state index in [1.807, 2.05) is 6.21 Å². The molecule has 1 atom stereocenters. The molecule has 1 aliphatic rings.